The zero-order valence-electron chi connectivity index (χ0n) is 6.36. The molecule has 0 amide bonds. The van der Waals surface area contributed by atoms with Gasteiger partial charge in [-0.3, -0.25) is 0 Å². The highest BCUT2D eigenvalue weighted by atomic mass is 14.3. The number of hydrogen-bond donors (Lipinski definition) is 0. The van der Waals surface area contributed by atoms with Crippen LogP contribution in [-0.2, 0) is 0 Å². The molecular weight excluding hydrogens is 148 g/mol. The largest absolute Gasteiger partial charge is 0.193 e. The van der Waals surface area contributed by atoms with Gasteiger partial charge in [0.2, 0.25) is 0 Å². The summed E-state index contributed by atoms with van der Waals surface area (Å²) in [6.07, 6.45) is 1.25. The maximum absolute atomic E-state index is 8.64. The van der Waals surface area contributed by atoms with Gasteiger partial charge in [0.15, 0.2) is 0 Å². The van der Waals surface area contributed by atoms with E-state index in [1.807, 2.05) is 30.3 Å². The van der Waals surface area contributed by atoms with Crippen molar-refractivity contribution in [3.63, 3.8) is 0 Å². The second-order valence-corrected chi connectivity index (χ2v) is 2.16. The van der Waals surface area contributed by atoms with Gasteiger partial charge in [-0.1, -0.05) is 30.3 Å². The summed E-state index contributed by atoms with van der Waals surface area (Å²) in [6.45, 7) is 0. The van der Waals surface area contributed by atoms with E-state index < -0.39 is 0 Å². The molecule has 0 fully saturated rings. The summed E-state index contributed by atoms with van der Waals surface area (Å²) in [6, 6.07) is 12.9. The molecule has 0 bridgehead atoms. The standard InChI is InChI=1S/C10H6N2/c11-7-6-10(8-12)9-4-2-1-3-5-9/h1-6H/b10-6+. The molecule has 0 N–H and O–H groups in total. The molecule has 2 heteroatoms. The van der Waals surface area contributed by atoms with Gasteiger partial charge >= 0.3 is 0 Å². The van der Waals surface area contributed by atoms with Crippen LogP contribution in [0.1, 0.15) is 5.56 Å². The number of nitriles is 2. The molecule has 1 rings (SSSR count). The van der Waals surface area contributed by atoms with Crippen molar-refractivity contribution in [1.29, 1.82) is 10.5 Å². The Labute approximate surface area is 71.0 Å². The molecule has 0 aromatic heterocycles. The first-order chi connectivity index (χ1) is 5.88. The molecule has 1 aromatic carbocycles. The minimum atomic E-state index is 0.401. The molecule has 1 aromatic rings. The van der Waals surface area contributed by atoms with Crippen LogP contribution < -0.4 is 0 Å². The van der Waals surface area contributed by atoms with Crippen molar-refractivity contribution in [2.45, 2.75) is 0 Å². The SMILES string of the molecule is N#C/C=C(\C#N)c1ccccc1. The second-order valence-electron chi connectivity index (χ2n) is 2.16. The first-order valence-electron chi connectivity index (χ1n) is 3.44. The van der Waals surface area contributed by atoms with Crippen LogP contribution in [0.25, 0.3) is 5.57 Å². The Balaban J connectivity index is 3.09. The maximum Gasteiger partial charge on any atom is 0.101 e. The van der Waals surface area contributed by atoms with Crippen LogP contribution in [0.5, 0.6) is 0 Å². The van der Waals surface area contributed by atoms with Gasteiger partial charge in [0.1, 0.15) is 6.07 Å². The highest BCUT2D eigenvalue weighted by Gasteiger charge is 1.96. The molecule has 0 spiro atoms. The third kappa shape index (κ3) is 1.71. The molecule has 2 nitrogen and oxygen atoms in total. The average molecular weight is 154 g/mol. The average Bonchev–Trinajstić information content (AvgIpc) is 2.15. The van der Waals surface area contributed by atoms with Crippen molar-refractivity contribution in [3.05, 3.63) is 42.0 Å². The molecule has 0 heterocycles. The Kier molecular flexibility index (Phi) is 2.65. The van der Waals surface area contributed by atoms with Crippen molar-refractivity contribution < 1.29 is 0 Å². The number of benzene rings is 1. The predicted molar refractivity (Wildman–Crippen MR) is 45.6 cm³/mol. The Morgan fingerprint density at radius 3 is 2.33 bits per heavy atom. The van der Waals surface area contributed by atoms with E-state index in [-0.39, 0.29) is 0 Å². The van der Waals surface area contributed by atoms with Crippen molar-refractivity contribution in [1.82, 2.24) is 0 Å². The highest BCUT2D eigenvalue weighted by Crippen LogP contribution is 2.11. The summed E-state index contributed by atoms with van der Waals surface area (Å²) in [5, 5.41) is 17.0. The topological polar surface area (TPSA) is 47.6 Å². The summed E-state index contributed by atoms with van der Waals surface area (Å²) in [4.78, 5) is 0. The zero-order valence-corrected chi connectivity index (χ0v) is 6.36. The van der Waals surface area contributed by atoms with Crippen LogP contribution in [0.3, 0.4) is 0 Å². The van der Waals surface area contributed by atoms with E-state index >= 15 is 0 Å². The summed E-state index contributed by atoms with van der Waals surface area (Å²) in [5.74, 6) is 0. The second kappa shape index (κ2) is 3.95. The van der Waals surface area contributed by atoms with Gasteiger partial charge in [-0.2, -0.15) is 10.5 Å². The molecule has 12 heavy (non-hydrogen) atoms. The first kappa shape index (κ1) is 8.04. The predicted octanol–water partition coefficient (Wildman–Crippen LogP) is 2.12. The van der Waals surface area contributed by atoms with E-state index in [4.69, 9.17) is 10.5 Å². The van der Waals surface area contributed by atoms with Crippen LogP contribution in [0, 0.1) is 22.7 Å². The Morgan fingerprint density at radius 2 is 1.83 bits per heavy atom. The third-order valence-corrected chi connectivity index (χ3v) is 1.41. The fraction of sp³-hybridized carbons (Fsp3) is 0. The normalized spacial score (nSPS) is 10.0. The van der Waals surface area contributed by atoms with Gasteiger partial charge in [0.05, 0.1) is 11.6 Å². The Morgan fingerprint density at radius 1 is 1.17 bits per heavy atom. The van der Waals surface area contributed by atoms with Crippen molar-refractivity contribution >= 4 is 5.57 Å². The molecule has 0 aliphatic carbocycles. The molecule has 0 atom stereocenters. The van der Waals surface area contributed by atoms with Crippen molar-refractivity contribution in [2.75, 3.05) is 0 Å². The smallest absolute Gasteiger partial charge is 0.101 e. The van der Waals surface area contributed by atoms with Gasteiger partial charge in [-0.25, -0.2) is 0 Å². The van der Waals surface area contributed by atoms with Gasteiger partial charge in [0, 0.05) is 6.08 Å². The van der Waals surface area contributed by atoms with Crippen LogP contribution in [0.2, 0.25) is 0 Å². The number of hydrogen-bond acceptors (Lipinski definition) is 2. The highest BCUT2D eigenvalue weighted by molar-refractivity contribution is 5.78. The van der Waals surface area contributed by atoms with E-state index in [1.54, 1.807) is 12.1 Å². The number of nitrogens with zero attached hydrogens (tertiary/aromatic N) is 2. The van der Waals surface area contributed by atoms with Crippen molar-refractivity contribution in [2.24, 2.45) is 0 Å². The Hall–Kier alpha value is -2.06. The van der Waals surface area contributed by atoms with Crippen LogP contribution in [0.15, 0.2) is 36.4 Å². The summed E-state index contributed by atoms with van der Waals surface area (Å²) < 4.78 is 0. The molecule has 0 saturated carbocycles. The van der Waals surface area contributed by atoms with Gasteiger partial charge in [-0.15, -0.1) is 0 Å². The van der Waals surface area contributed by atoms with Gasteiger partial charge < -0.3 is 0 Å². The summed E-state index contributed by atoms with van der Waals surface area (Å²) in [5.41, 5.74) is 1.18. The minimum absolute atomic E-state index is 0.401. The van der Waals surface area contributed by atoms with E-state index in [1.165, 1.54) is 6.08 Å². The third-order valence-electron chi connectivity index (χ3n) is 1.41. The lowest BCUT2D eigenvalue weighted by molar-refractivity contribution is 1.51. The fourth-order valence-electron chi connectivity index (χ4n) is 0.862. The molecule has 0 aliphatic heterocycles. The minimum Gasteiger partial charge on any atom is -0.193 e. The van der Waals surface area contributed by atoms with E-state index in [9.17, 15) is 0 Å². The van der Waals surface area contributed by atoms with E-state index in [0.29, 0.717) is 5.57 Å². The lowest BCUT2D eigenvalue weighted by Gasteiger charge is -1.93. The quantitative estimate of drug-likeness (QED) is 0.581. The maximum atomic E-state index is 8.64. The van der Waals surface area contributed by atoms with Crippen LogP contribution in [-0.4, -0.2) is 0 Å². The summed E-state index contributed by atoms with van der Waals surface area (Å²) in [7, 11) is 0. The molecule has 0 aliphatic rings. The van der Waals surface area contributed by atoms with Crippen LogP contribution in [0.4, 0.5) is 0 Å². The van der Waals surface area contributed by atoms with E-state index in [2.05, 4.69) is 0 Å². The molecular formula is C10H6N2. The fourth-order valence-corrected chi connectivity index (χ4v) is 0.862. The lowest BCUT2D eigenvalue weighted by atomic mass is 10.1. The lowest BCUT2D eigenvalue weighted by Crippen LogP contribution is -1.78. The zero-order chi connectivity index (χ0) is 8.81. The van der Waals surface area contributed by atoms with Gasteiger partial charge in [-0.05, 0) is 5.56 Å². The molecule has 56 valence electrons. The molecule has 0 unspecified atom stereocenters. The molecule has 0 saturated heterocycles. The number of allylic oxidation sites excluding steroid dienone is 2. The Bertz CT molecular complexity index is 363. The van der Waals surface area contributed by atoms with E-state index in [0.717, 1.165) is 5.56 Å². The van der Waals surface area contributed by atoms with Crippen LogP contribution >= 0.6 is 0 Å². The van der Waals surface area contributed by atoms with Gasteiger partial charge in [0.25, 0.3) is 0 Å². The molecule has 0 radical (unpaired) electrons. The monoisotopic (exact) mass is 154 g/mol. The number of rotatable bonds is 1. The summed E-state index contributed by atoms with van der Waals surface area (Å²) >= 11 is 0. The first-order valence-corrected chi connectivity index (χ1v) is 3.44. The van der Waals surface area contributed by atoms with Crippen molar-refractivity contribution in [3.8, 4) is 12.1 Å².